The molecule has 49 heavy (non-hydrogen) atoms. The van der Waals surface area contributed by atoms with Crippen LogP contribution in [0.25, 0.3) is 0 Å². The van der Waals surface area contributed by atoms with Gasteiger partial charge in [0, 0.05) is 48.3 Å². The number of carbonyl (C=O) groups is 5. The number of carboxylic acids is 2. The molecule has 2 aromatic carbocycles. The molecule has 1 saturated carbocycles. The third kappa shape index (κ3) is 8.67. The van der Waals surface area contributed by atoms with E-state index in [0.717, 1.165) is 24.1 Å². The van der Waals surface area contributed by atoms with E-state index in [1.807, 2.05) is 0 Å². The van der Waals surface area contributed by atoms with Crippen molar-refractivity contribution < 1.29 is 52.1 Å². The first-order chi connectivity index (χ1) is 23.0. The van der Waals surface area contributed by atoms with E-state index in [0.29, 0.717) is 18.1 Å². The molecule has 0 spiro atoms. The molecule has 2 aromatic rings. The molecule has 1 saturated heterocycles. The maximum Gasteiger partial charge on any atom is 0.352 e. The van der Waals surface area contributed by atoms with Crippen LogP contribution in [0, 0.1) is 5.92 Å². The van der Waals surface area contributed by atoms with Crippen molar-refractivity contribution in [2.24, 2.45) is 11.0 Å². The molecule has 2 unspecified atom stereocenters. The fraction of sp³-hybridized carbons (Fsp3) is 0.438. The first-order valence-corrected chi connectivity index (χ1v) is 18.1. The lowest BCUT2D eigenvalue weighted by atomic mass is 9.81. The number of benzene rings is 2. The number of carbonyl (C=O) groups excluding carboxylic acids is 3. The maximum absolute atomic E-state index is 12.9. The monoisotopic (exact) mass is 758 g/mol. The molecule has 2 aliphatic heterocycles. The third-order valence-corrected chi connectivity index (χ3v) is 10.4. The minimum Gasteiger partial charge on any atom is -0.479 e. The van der Waals surface area contributed by atoms with Gasteiger partial charge in [-0.05, 0) is 56.5 Å². The molecule has 0 bridgehead atoms. The number of sulfone groups is 1. The van der Waals surface area contributed by atoms with E-state index in [4.69, 9.17) is 49.4 Å². The second-order valence-electron chi connectivity index (χ2n) is 11.9. The predicted molar refractivity (Wildman–Crippen MR) is 180 cm³/mol. The molecule has 0 aromatic heterocycles. The Bertz CT molecular complexity index is 1810. The zero-order chi connectivity index (χ0) is 36.3. The second kappa shape index (κ2) is 15.7. The van der Waals surface area contributed by atoms with Crippen molar-refractivity contribution in [3.63, 3.8) is 0 Å². The van der Waals surface area contributed by atoms with Crippen molar-refractivity contribution in [2.75, 3.05) is 24.5 Å². The van der Waals surface area contributed by atoms with E-state index in [1.165, 1.54) is 37.3 Å². The van der Waals surface area contributed by atoms with Gasteiger partial charge in [-0.1, -0.05) is 34.8 Å². The molecular formula is C32H33Cl3N2O11S. The van der Waals surface area contributed by atoms with Crippen molar-refractivity contribution in [3.8, 4) is 0 Å². The summed E-state index contributed by atoms with van der Waals surface area (Å²) in [7, 11) is -3.64. The number of hydrazone groups is 1. The van der Waals surface area contributed by atoms with E-state index >= 15 is 0 Å². The highest BCUT2D eigenvalue weighted by Crippen LogP contribution is 2.38. The number of anilines is 1. The molecule has 13 nitrogen and oxygen atoms in total. The van der Waals surface area contributed by atoms with Gasteiger partial charge in [-0.25, -0.2) is 23.0 Å². The number of rotatable bonds is 10. The van der Waals surface area contributed by atoms with Crippen LogP contribution in [0.15, 0.2) is 40.3 Å². The normalized spacial score (nSPS) is 21.3. The molecule has 2 atom stereocenters. The molecule has 5 rings (SSSR count). The Kier molecular flexibility index (Phi) is 12.3. The van der Waals surface area contributed by atoms with Gasteiger partial charge >= 0.3 is 11.9 Å². The van der Waals surface area contributed by atoms with Crippen LogP contribution in [0.2, 0.25) is 15.1 Å². The second-order valence-corrected chi connectivity index (χ2v) is 15.1. The van der Waals surface area contributed by atoms with Gasteiger partial charge in [-0.15, -0.1) is 0 Å². The third-order valence-electron chi connectivity index (χ3n) is 8.24. The van der Waals surface area contributed by atoms with Crippen LogP contribution in [0.5, 0.6) is 0 Å². The molecule has 17 heteroatoms. The number of ether oxygens (including phenoxy) is 2. The average Bonchev–Trinajstić information content (AvgIpc) is 3.66. The van der Waals surface area contributed by atoms with Gasteiger partial charge in [0.1, 0.15) is 11.6 Å². The van der Waals surface area contributed by atoms with Crippen molar-refractivity contribution in [2.45, 2.75) is 68.6 Å². The van der Waals surface area contributed by atoms with Gasteiger partial charge < -0.3 is 19.7 Å². The van der Waals surface area contributed by atoms with Crippen LogP contribution in [0.1, 0.15) is 61.4 Å². The Hall–Kier alpha value is -3.40. The fourth-order valence-corrected chi connectivity index (χ4v) is 7.40. The topological polar surface area (TPSA) is 194 Å². The summed E-state index contributed by atoms with van der Waals surface area (Å²) in [6, 6.07) is 7.01. The van der Waals surface area contributed by atoms with Crippen molar-refractivity contribution >= 4 is 85.3 Å². The molecule has 0 radical (unpaired) electrons. The summed E-state index contributed by atoms with van der Waals surface area (Å²) >= 11 is 18.2. The first-order valence-electron chi connectivity index (χ1n) is 15.1. The summed E-state index contributed by atoms with van der Waals surface area (Å²) in [5, 5.41) is 23.8. The van der Waals surface area contributed by atoms with Crippen molar-refractivity contribution in [3.05, 3.63) is 56.5 Å². The van der Waals surface area contributed by atoms with Crippen LogP contribution in [0.4, 0.5) is 5.69 Å². The molecular weight excluding hydrogens is 727 g/mol. The lowest BCUT2D eigenvalue weighted by Gasteiger charge is -2.30. The number of hydrogen-bond acceptors (Lipinski definition) is 11. The summed E-state index contributed by atoms with van der Waals surface area (Å²) in [6.07, 6.45) is 3.32. The van der Waals surface area contributed by atoms with Gasteiger partial charge in [0.25, 0.3) is 0 Å². The average molecular weight is 760 g/mol. The van der Waals surface area contributed by atoms with Crippen LogP contribution < -0.4 is 5.01 Å². The van der Waals surface area contributed by atoms with Gasteiger partial charge in [0.15, 0.2) is 32.7 Å². The molecule has 264 valence electrons. The Morgan fingerprint density at radius 3 is 2.29 bits per heavy atom. The summed E-state index contributed by atoms with van der Waals surface area (Å²) in [6.45, 7) is 2.20. The summed E-state index contributed by atoms with van der Waals surface area (Å²) in [4.78, 5) is 59.6. The summed E-state index contributed by atoms with van der Waals surface area (Å²) < 4.78 is 35.5. The Balaban J connectivity index is 0.000000237. The van der Waals surface area contributed by atoms with Gasteiger partial charge in [0.2, 0.25) is 0 Å². The Morgan fingerprint density at radius 2 is 1.73 bits per heavy atom. The molecule has 0 amide bonds. The summed E-state index contributed by atoms with van der Waals surface area (Å²) in [5.74, 6) is -5.36. The van der Waals surface area contributed by atoms with Crippen molar-refractivity contribution in [1.29, 1.82) is 0 Å². The molecule has 2 N–H and O–H groups in total. The van der Waals surface area contributed by atoms with E-state index in [-0.39, 0.29) is 76.0 Å². The van der Waals surface area contributed by atoms with Gasteiger partial charge in [0.05, 0.1) is 39.9 Å². The van der Waals surface area contributed by atoms with Gasteiger partial charge in [-0.2, -0.15) is 5.10 Å². The SMILES string of the molecule is CC1(C(=O)O)CC(C(=O)O)=NN1c1ccc(Cl)cc1Cl.CS(=O)(=O)c1ccc(C(=O)C2C(=O)CCCC2=O)c(Cl)c1COCC1CCCO1. The van der Waals surface area contributed by atoms with E-state index < -0.39 is 50.6 Å². The molecule has 1 aliphatic carbocycles. The number of Topliss-reactive ketones (excluding diaryl/α,β-unsaturated/α-hetero) is 3. The van der Waals surface area contributed by atoms with Crippen LogP contribution in [-0.2, 0) is 45.1 Å². The van der Waals surface area contributed by atoms with E-state index in [9.17, 15) is 37.5 Å². The van der Waals surface area contributed by atoms with Crippen LogP contribution in [0.3, 0.4) is 0 Å². The van der Waals surface area contributed by atoms with Gasteiger partial charge in [-0.3, -0.25) is 14.4 Å². The number of aliphatic carboxylic acids is 2. The standard InChI is InChI=1S/C20H23ClO7S.C12H10Cl2N2O4/c1-29(25,26)17-8-7-13(20(24)18-15(22)5-2-6-16(18)23)19(21)14(17)11-27-10-12-4-3-9-28-12;1-12(11(19)20)5-8(10(17)18)15-16(12)9-3-2-6(13)4-7(9)14/h7-8,12,18H,2-6,9-11H2,1H3;2-4H,5H2,1H3,(H,17,18)(H,19,20). The summed E-state index contributed by atoms with van der Waals surface area (Å²) in [5.41, 5.74) is -1.35. The highest BCUT2D eigenvalue weighted by molar-refractivity contribution is 7.90. The largest absolute Gasteiger partial charge is 0.479 e. The fourth-order valence-electron chi connectivity index (χ4n) is 5.62. The highest BCUT2D eigenvalue weighted by Gasteiger charge is 2.48. The molecule has 2 fully saturated rings. The van der Waals surface area contributed by atoms with E-state index in [1.54, 1.807) is 0 Å². The smallest absolute Gasteiger partial charge is 0.352 e. The zero-order valence-electron chi connectivity index (χ0n) is 26.4. The maximum atomic E-state index is 12.9. The number of hydrogen-bond donors (Lipinski definition) is 2. The Labute approximate surface area is 297 Å². The lowest BCUT2D eigenvalue weighted by molar-refractivity contribution is -0.142. The minimum absolute atomic E-state index is 0.0385. The highest BCUT2D eigenvalue weighted by atomic mass is 35.5. The predicted octanol–water partition coefficient (Wildman–Crippen LogP) is 5.05. The zero-order valence-corrected chi connectivity index (χ0v) is 29.5. The first kappa shape index (κ1) is 38.4. The number of ketones is 3. The van der Waals surface area contributed by atoms with Crippen LogP contribution >= 0.6 is 34.8 Å². The number of carboxylic acid groups (broad SMARTS) is 2. The quantitative estimate of drug-likeness (QED) is 0.242. The van der Waals surface area contributed by atoms with Crippen molar-refractivity contribution in [1.82, 2.24) is 0 Å². The molecule has 2 heterocycles. The van der Waals surface area contributed by atoms with Crippen LogP contribution in [-0.4, -0.2) is 84.7 Å². The lowest BCUT2D eigenvalue weighted by Crippen LogP contribution is -2.47. The minimum atomic E-state index is -3.64. The molecule has 3 aliphatic rings. The van der Waals surface area contributed by atoms with E-state index in [2.05, 4.69) is 5.10 Å². The Morgan fingerprint density at radius 1 is 1.06 bits per heavy atom. The number of nitrogens with zero attached hydrogens (tertiary/aromatic N) is 2. The number of halogens is 3.